The molecule has 1 aromatic rings. The molecule has 5 heteroatoms. The van der Waals surface area contributed by atoms with Crippen LogP contribution in [0.2, 0.25) is 0 Å². The number of aryl methyl sites for hydroxylation is 1. The highest BCUT2D eigenvalue weighted by Crippen LogP contribution is 2.14. The molecule has 84 valence electrons. The van der Waals surface area contributed by atoms with Crippen LogP contribution < -0.4 is 0 Å². The van der Waals surface area contributed by atoms with E-state index in [1.54, 1.807) is 0 Å². The lowest BCUT2D eigenvalue weighted by molar-refractivity contribution is 0.181. The average Bonchev–Trinajstić information content (AvgIpc) is 2.87. The van der Waals surface area contributed by atoms with Crippen LogP contribution >= 0.6 is 11.6 Å². The Kier molecular flexibility index (Phi) is 3.97. The molecule has 1 aliphatic heterocycles. The van der Waals surface area contributed by atoms with Crippen LogP contribution in [0.1, 0.15) is 18.5 Å². The van der Waals surface area contributed by atoms with E-state index in [0.717, 1.165) is 44.7 Å². The van der Waals surface area contributed by atoms with E-state index in [4.69, 9.17) is 16.3 Å². The van der Waals surface area contributed by atoms with E-state index in [1.165, 1.54) is 0 Å². The van der Waals surface area contributed by atoms with Crippen molar-refractivity contribution < 1.29 is 4.74 Å². The Bertz CT molecular complexity index is 297. The zero-order chi connectivity index (χ0) is 10.5. The van der Waals surface area contributed by atoms with Crippen molar-refractivity contribution >= 4 is 11.6 Å². The van der Waals surface area contributed by atoms with Crippen molar-refractivity contribution in [1.82, 2.24) is 15.0 Å². The zero-order valence-corrected chi connectivity index (χ0v) is 9.49. The third kappa shape index (κ3) is 3.18. The number of aromatic nitrogens is 3. The van der Waals surface area contributed by atoms with Gasteiger partial charge in [0.05, 0.1) is 12.3 Å². The Morgan fingerprint density at radius 2 is 2.53 bits per heavy atom. The van der Waals surface area contributed by atoms with Crippen LogP contribution in [0.5, 0.6) is 0 Å². The third-order valence-electron chi connectivity index (χ3n) is 2.62. The predicted molar refractivity (Wildman–Crippen MR) is 58.0 cm³/mol. The summed E-state index contributed by atoms with van der Waals surface area (Å²) in [5.74, 6) is 1.29. The summed E-state index contributed by atoms with van der Waals surface area (Å²) in [5.41, 5.74) is 1.04. The molecule has 2 rings (SSSR count). The summed E-state index contributed by atoms with van der Waals surface area (Å²) in [4.78, 5) is 0. The number of rotatable bonds is 5. The Labute approximate surface area is 94.6 Å². The number of halogens is 1. The van der Waals surface area contributed by atoms with E-state index in [1.807, 2.05) is 10.9 Å². The number of ether oxygens (including phenoxy) is 1. The first kappa shape index (κ1) is 10.9. The molecule has 0 aliphatic carbocycles. The first-order valence-corrected chi connectivity index (χ1v) is 5.94. The lowest BCUT2D eigenvalue weighted by Crippen LogP contribution is -2.11. The molecular formula is C10H16ClN3O. The molecule has 0 aromatic carbocycles. The van der Waals surface area contributed by atoms with Gasteiger partial charge in [-0.1, -0.05) is 5.21 Å². The molecule has 0 radical (unpaired) electrons. The van der Waals surface area contributed by atoms with Crippen LogP contribution in [-0.2, 0) is 17.7 Å². The van der Waals surface area contributed by atoms with Gasteiger partial charge in [0.1, 0.15) is 0 Å². The molecule has 0 spiro atoms. The fourth-order valence-electron chi connectivity index (χ4n) is 1.78. The fraction of sp³-hybridized carbons (Fsp3) is 0.800. The van der Waals surface area contributed by atoms with Gasteiger partial charge in [0.25, 0.3) is 0 Å². The predicted octanol–water partition coefficient (Wildman–Crippen LogP) is 1.49. The first-order valence-electron chi connectivity index (χ1n) is 5.41. The van der Waals surface area contributed by atoms with Crippen molar-refractivity contribution in [3.63, 3.8) is 0 Å². The second kappa shape index (κ2) is 5.47. The number of alkyl halides is 1. The Morgan fingerprint density at radius 3 is 3.27 bits per heavy atom. The van der Waals surface area contributed by atoms with Crippen LogP contribution in [0, 0.1) is 5.92 Å². The van der Waals surface area contributed by atoms with E-state index >= 15 is 0 Å². The first-order chi connectivity index (χ1) is 7.38. The second-order valence-electron chi connectivity index (χ2n) is 3.95. The van der Waals surface area contributed by atoms with Gasteiger partial charge in [-0.05, 0) is 19.3 Å². The largest absolute Gasteiger partial charge is 0.381 e. The minimum Gasteiger partial charge on any atom is -0.381 e. The van der Waals surface area contributed by atoms with E-state index in [9.17, 15) is 0 Å². The Balaban J connectivity index is 1.83. The molecule has 1 atom stereocenters. The zero-order valence-electron chi connectivity index (χ0n) is 8.73. The van der Waals surface area contributed by atoms with E-state index in [-0.39, 0.29) is 0 Å². The van der Waals surface area contributed by atoms with Crippen molar-refractivity contribution in [2.75, 3.05) is 19.1 Å². The van der Waals surface area contributed by atoms with Crippen LogP contribution in [0.25, 0.3) is 0 Å². The van der Waals surface area contributed by atoms with Crippen LogP contribution in [0.4, 0.5) is 0 Å². The Morgan fingerprint density at radius 1 is 1.60 bits per heavy atom. The number of nitrogens with zero attached hydrogens (tertiary/aromatic N) is 3. The molecule has 0 bridgehead atoms. The van der Waals surface area contributed by atoms with Crippen molar-refractivity contribution in [2.45, 2.75) is 25.8 Å². The van der Waals surface area contributed by atoms with Gasteiger partial charge in [-0.2, -0.15) is 0 Å². The van der Waals surface area contributed by atoms with Crippen LogP contribution in [-0.4, -0.2) is 34.1 Å². The second-order valence-corrected chi connectivity index (χ2v) is 4.33. The average molecular weight is 230 g/mol. The summed E-state index contributed by atoms with van der Waals surface area (Å²) in [6, 6.07) is 0. The molecule has 1 unspecified atom stereocenters. The molecule has 1 aliphatic rings. The van der Waals surface area contributed by atoms with Crippen molar-refractivity contribution in [3.05, 3.63) is 11.9 Å². The molecular weight excluding hydrogens is 214 g/mol. The van der Waals surface area contributed by atoms with Gasteiger partial charge in [-0.25, -0.2) is 0 Å². The monoisotopic (exact) mass is 229 g/mol. The molecule has 15 heavy (non-hydrogen) atoms. The maximum Gasteiger partial charge on any atom is 0.0827 e. The Hall–Kier alpha value is -0.610. The molecule has 0 amide bonds. The molecule has 1 aromatic heterocycles. The van der Waals surface area contributed by atoms with Crippen molar-refractivity contribution in [1.29, 1.82) is 0 Å². The smallest absolute Gasteiger partial charge is 0.0827 e. The highest BCUT2D eigenvalue weighted by molar-refractivity contribution is 6.17. The lowest BCUT2D eigenvalue weighted by Gasteiger charge is -2.05. The maximum atomic E-state index is 5.62. The summed E-state index contributed by atoms with van der Waals surface area (Å²) in [7, 11) is 0. The molecule has 1 saturated heterocycles. The summed E-state index contributed by atoms with van der Waals surface area (Å²) >= 11 is 5.62. The van der Waals surface area contributed by atoms with Crippen molar-refractivity contribution in [3.8, 4) is 0 Å². The van der Waals surface area contributed by atoms with Gasteiger partial charge in [0, 0.05) is 31.1 Å². The minimum absolute atomic E-state index is 0.604. The standard InChI is InChI=1S/C10H16ClN3O/c11-4-1-2-10-7-14(13-12-10)6-9-3-5-15-8-9/h7,9H,1-6,8H2. The van der Waals surface area contributed by atoms with Crippen molar-refractivity contribution in [2.24, 2.45) is 5.92 Å². The van der Waals surface area contributed by atoms with E-state index in [0.29, 0.717) is 11.8 Å². The number of hydrogen-bond acceptors (Lipinski definition) is 3. The van der Waals surface area contributed by atoms with Gasteiger partial charge in [-0.3, -0.25) is 4.68 Å². The summed E-state index contributed by atoms with van der Waals surface area (Å²) < 4.78 is 7.24. The SMILES string of the molecule is ClCCCc1cn(CC2CCOC2)nn1. The van der Waals surface area contributed by atoms with E-state index in [2.05, 4.69) is 10.3 Å². The summed E-state index contributed by atoms with van der Waals surface area (Å²) in [5, 5.41) is 8.21. The van der Waals surface area contributed by atoms with Gasteiger partial charge >= 0.3 is 0 Å². The normalized spacial score (nSPS) is 21.0. The maximum absolute atomic E-state index is 5.62. The van der Waals surface area contributed by atoms with Gasteiger partial charge in [0.2, 0.25) is 0 Å². The van der Waals surface area contributed by atoms with Gasteiger partial charge < -0.3 is 4.74 Å². The highest BCUT2D eigenvalue weighted by Gasteiger charge is 2.16. The minimum atomic E-state index is 0.604. The molecule has 0 saturated carbocycles. The fourth-order valence-corrected chi connectivity index (χ4v) is 1.92. The van der Waals surface area contributed by atoms with Crippen LogP contribution in [0.15, 0.2) is 6.20 Å². The molecule has 0 N–H and O–H groups in total. The van der Waals surface area contributed by atoms with E-state index < -0.39 is 0 Å². The highest BCUT2D eigenvalue weighted by atomic mass is 35.5. The molecule has 4 nitrogen and oxygen atoms in total. The summed E-state index contributed by atoms with van der Waals surface area (Å²) in [6.45, 7) is 2.67. The van der Waals surface area contributed by atoms with Gasteiger partial charge in [-0.15, -0.1) is 16.7 Å². The third-order valence-corrected chi connectivity index (χ3v) is 2.89. The molecule has 1 fully saturated rings. The quantitative estimate of drug-likeness (QED) is 0.719. The topological polar surface area (TPSA) is 39.9 Å². The van der Waals surface area contributed by atoms with Gasteiger partial charge in [0.15, 0.2) is 0 Å². The van der Waals surface area contributed by atoms with Crippen LogP contribution in [0.3, 0.4) is 0 Å². The number of hydrogen-bond donors (Lipinski definition) is 0. The molecule has 2 heterocycles. The lowest BCUT2D eigenvalue weighted by atomic mass is 10.1. The summed E-state index contributed by atoms with van der Waals surface area (Å²) in [6.07, 6.45) is 5.04.